The Morgan fingerprint density at radius 1 is 1.15 bits per heavy atom. The Bertz CT molecular complexity index is 561. The standard InChI is InChI=1S/C19H28FN3O.2ClH/c1-15(16-6-8-21-9-7-16)14-19(24)23-12-10-22(11-13-23)18-5-3-2-4-17(18)20;;/h2-5,15-16,21H,6-14H2,1H3;2*1H. The topological polar surface area (TPSA) is 35.6 Å². The van der Waals surface area contributed by atoms with Crippen LogP contribution in [0.15, 0.2) is 24.3 Å². The Morgan fingerprint density at radius 3 is 2.38 bits per heavy atom. The number of para-hydroxylation sites is 1. The van der Waals surface area contributed by atoms with Crippen LogP contribution in [0.1, 0.15) is 26.2 Å². The Labute approximate surface area is 168 Å². The van der Waals surface area contributed by atoms with Crippen molar-refractivity contribution in [2.75, 3.05) is 44.2 Å². The van der Waals surface area contributed by atoms with Crippen molar-refractivity contribution < 1.29 is 9.18 Å². The molecule has 1 atom stereocenters. The fourth-order valence-electron chi connectivity index (χ4n) is 3.89. The van der Waals surface area contributed by atoms with Crippen LogP contribution in [-0.2, 0) is 4.79 Å². The molecular weight excluding hydrogens is 376 g/mol. The summed E-state index contributed by atoms with van der Waals surface area (Å²) in [6.45, 7) is 7.14. The number of anilines is 1. The molecule has 1 aromatic rings. The molecule has 0 aliphatic carbocycles. The summed E-state index contributed by atoms with van der Waals surface area (Å²) in [5.41, 5.74) is 0.646. The van der Waals surface area contributed by atoms with E-state index in [4.69, 9.17) is 0 Å². The minimum Gasteiger partial charge on any atom is -0.366 e. The first-order valence-corrected chi connectivity index (χ1v) is 9.13. The van der Waals surface area contributed by atoms with Gasteiger partial charge < -0.3 is 15.1 Å². The first kappa shape index (κ1) is 23.0. The molecule has 3 rings (SSSR count). The Kier molecular flexibility index (Phi) is 9.69. The molecule has 2 aliphatic heterocycles. The van der Waals surface area contributed by atoms with Crippen LogP contribution in [0.5, 0.6) is 0 Å². The molecule has 0 spiro atoms. The number of nitrogens with zero attached hydrogens (tertiary/aromatic N) is 2. The summed E-state index contributed by atoms with van der Waals surface area (Å²) in [5, 5.41) is 3.38. The molecule has 148 valence electrons. The summed E-state index contributed by atoms with van der Waals surface area (Å²) in [6.07, 6.45) is 3.00. The van der Waals surface area contributed by atoms with E-state index >= 15 is 0 Å². The normalized spacial score (nSPS) is 19.3. The van der Waals surface area contributed by atoms with Crippen LogP contribution in [0.3, 0.4) is 0 Å². The lowest BCUT2D eigenvalue weighted by atomic mass is 9.84. The van der Waals surface area contributed by atoms with Crippen molar-refractivity contribution in [2.45, 2.75) is 26.2 Å². The second-order valence-electron chi connectivity index (χ2n) is 7.09. The number of halogens is 3. The number of amides is 1. The molecule has 2 heterocycles. The zero-order valence-corrected chi connectivity index (χ0v) is 17.0. The fourth-order valence-corrected chi connectivity index (χ4v) is 3.89. The number of benzene rings is 1. The Morgan fingerprint density at radius 2 is 1.77 bits per heavy atom. The van der Waals surface area contributed by atoms with Gasteiger partial charge in [0, 0.05) is 32.6 Å². The molecule has 0 radical (unpaired) electrons. The average molecular weight is 406 g/mol. The van der Waals surface area contributed by atoms with Gasteiger partial charge in [0.1, 0.15) is 5.82 Å². The third kappa shape index (κ3) is 5.73. The molecule has 26 heavy (non-hydrogen) atoms. The molecule has 0 aromatic heterocycles. The number of carbonyl (C=O) groups excluding carboxylic acids is 1. The highest BCUT2D eigenvalue weighted by Crippen LogP contribution is 2.26. The van der Waals surface area contributed by atoms with E-state index in [9.17, 15) is 9.18 Å². The van der Waals surface area contributed by atoms with Gasteiger partial charge in [0.25, 0.3) is 0 Å². The van der Waals surface area contributed by atoms with Crippen LogP contribution < -0.4 is 10.2 Å². The van der Waals surface area contributed by atoms with Crippen LogP contribution in [0.4, 0.5) is 10.1 Å². The molecule has 2 saturated heterocycles. The van der Waals surface area contributed by atoms with Crippen LogP contribution in [0.25, 0.3) is 0 Å². The summed E-state index contributed by atoms with van der Waals surface area (Å²) >= 11 is 0. The van der Waals surface area contributed by atoms with E-state index in [2.05, 4.69) is 12.2 Å². The van der Waals surface area contributed by atoms with Crippen molar-refractivity contribution in [3.63, 3.8) is 0 Å². The highest BCUT2D eigenvalue weighted by atomic mass is 35.5. The first-order chi connectivity index (χ1) is 11.6. The van der Waals surface area contributed by atoms with E-state index in [1.54, 1.807) is 6.07 Å². The number of nitrogens with one attached hydrogen (secondary N) is 1. The fraction of sp³-hybridized carbons (Fsp3) is 0.632. The minimum atomic E-state index is -0.184. The number of carbonyl (C=O) groups is 1. The highest BCUT2D eigenvalue weighted by Gasteiger charge is 2.27. The van der Waals surface area contributed by atoms with Gasteiger partial charge in [-0.15, -0.1) is 24.8 Å². The summed E-state index contributed by atoms with van der Waals surface area (Å²) in [5.74, 6) is 1.19. The molecule has 2 fully saturated rings. The summed E-state index contributed by atoms with van der Waals surface area (Å²) in [4.78, 5) is 16.6. The van der Waals surface area contributed by atoms with E-state index in [0.717, 1.165) is 13.1 Å². The molecule has 4 nitrogen and oxygen atoms in total. The largest absolute Gasteiger partial charge is 0.366 e. The van der Waals surface area contributed by atoms with Gasteiger partial charge >= 0.3 is 0 Å². The van der Waals surface area contributed by atoms with Crippen LogP contribution >= 0.6 is 24.8 Å². The molecule has 1 N–H and O–H groups in total. The maximum atomic E-state index is 13.9. The van der Waals surface area contributed by atoms with Crippen molar-refractivity contribution >= 4 is 36.4 Å². The zero-order valence-electron chi connectivity index (χ0n) is 15.3. The predicted molar refractivity (Wildman–Crippen MR) is 109 cm³/mol. The van der Waals surface area contributed by atoms with Crippen molar-refractivity contribution in [1.82, 2.24) is 10.2 Å². The predicted octanol–water partition coefficient (Wildman–Crippen LogP) is 3.34. The second-order valence-corrected chi connectivity index (χ2v) is 7.09. The Hall–Kier alpha value is -1.04. The summed E-state index contributed by atoms with van der Waals surface area (Å²) in [7, 11) is 0. The molecule has 2 aliphatic rings. The van der Waals surface area contributed by atoms with Crippen molar-refractivity contribution in [1.29, 1.82) is 0 Å². The smallest absolute Gasteiger partial charge is 0.222 e. The monoisotopic (exact) mass is 405 g/mol. The van der Waals surface area contributed by atoms with Gasteiger partial charge in [0.05, 0.1) is 5.69 Å². The first-order valence-electron chi connectivity index (χ1n) is 9.13. The van der Waals surface area contributed by atoms with Gasteiger partial charge in [-0.05, 0) is 49.9 Å². The van der Waals surface area contributed by atoms with E-state index in [0.29, 0.717) is 50.1 Å². The number of hydrogen-bond donors (Lipinski definition) is 1. The molecule has 0 saturated carbocycles. The molecule has 1 unspecified atom stereocenters. The van der Waals surface area contributed by atoms with Gasteiger partial charge in [-0.1, -0.05) is 19.1 Å². The van der Waals surface area contributed by atoms with Crippen LogP contribution in [-0.4, -0.2) is 50.1 Å². The number of hydrogen-bond acceptors (Lipinski definition) is 3. The van der Waals surface area contributed by atoms with Crippen LogP contribution in [0, 0.1) is 17.7 Å². The van der Waals surface area contributed by atoms with E-state index in [-0.39, 0.29) is 36.5 Å². The van der Waals surface area contributed by atoms with Crippen LogP contribution in [0.2, 0.25) is 0 Å². The van der Waals surface area contributed by atoms with Crippen molar-refractivity contribution in [3.05, 3.63) is 30.1 Å². The highest BCUT2D eigenvalue weighted by molar-refractivity contribution is 5.85. The maximum absolute atomic E-state index is 13.9. The lowest BCUT2D eigenvalue weighted by molar-refractivity contribution is -0.132. The molecular formula is C19H30Cl2FN3O. The molecule has 0 bridgehead atoms. The maximum Gasteiger partial charge on any atom is 0.222 e. The summed E-state index contributed by atoms with van der Waals surface area (Å²) < 4.78 is 13.9. The quantitative estimate of drug-likeness (QED) is 0.833. The number of piperazine rings is 1. The van der Waals surface area contributed by atoms with E-state index < -0.39 is 0 Å². The number of rotatable bonds is 4. The second kappa shape index (κ2) is 11.0. The zero-order chi connectivity index (χ0) is 16.9. The van der Waals surface area contributed by atoms with Gasteiger partial charge in [-0.25, -0.2) is 4.39 Å². The number of piperidine rings is 1. The third-order valence-corrected chi connectivity index (χ3v) is 5.51. The van der Waals surface area contributed by atoms with Crippen molar-refractivity contribution in [2.24, 2.45) is 11.8 Å². The van der Waals surface area contributed by atoms with Gasteiger partial charge in [0.15, 0.2) is 0 Å². The average Bonchev–Trinajstić information content (AvgIpc) is 2.63. The van der Waals surface area contributed by atoms with Gasteiger partial charge in [0.2, 0.25) is 5.91 Å². The lowest BCUT2D eigenvalue weighted by Gasteiger charge is -2.37. The molecule has 1 aromatic carbocycles. The lowest BCUT2D eigenvalue weighted by Crippen LogP contribution is -2.49. The van der Waals surface area contributed by atoms with E-state index in [1.807, 2.05) is 21.9 Å². The third-order valence-electron chi connectivity index (χ3n) is 5.51. The summed E-state index contributed by atoms with van der Waals surface area (Å²) in [6, 6.07) is 6.87. The van der Waals surface area contributed by atoms with E-state index in [1.165, 1.54) is 18.9 Å². The van der Waals surface area contributed by atoms with Crippen molar-refractivity contribution in [3.8, 4) is 0 Å². The van der Waals surface area contributed by atoms with Gasteiger partial charge in [-0.3, -0.25) is 4.79 Å². The molecule has 1 amide bonds. The van der Waals surface area contributed by atoms with Gasteiger partial charge in [-0.2, -0.15) is 0 Å². The molecule has 7 heteroatoms. The Balaban J connectivity index is 0.00000169. The minimum absolute atomic E-state index is 0. The SMILES string of the molecule is CC(CC(=O)N1CCN(c2ccccc2F)CC1)C1CCNCC1.Cl.Cl.